The van der Waals surface area contributed by atoms with Gasteiger partial charge in [0, 0.05) is 11.4 Å². The lowest BCUT2D eigenvalue weighted by molar-refractivity contribution is 1.24. The minimum Gasteiger partial charge on any atom is -0.357 e. The van der Waals surface area contributed by atoms with Gasteiger partial charge in [0.2, 0.25) is 0 Å². The fourth-order valence-corrected chi connectivity index (χ4v) is 4.16. The van der Waals surface area contributed by atoms with Gasteiger partial charge < -0.3 is 29.9 Å². The zero-order chi connectivity index (χ0) is 21.7. The summed E-state index contributed by atoms with van der Waals surface area (Å²) in [5.41, 5.74) is 12.9. The second kappa shape index (κ2) is 7.13. The number of nitrogens with one attached hydrogen (secondary N) is 6. The molecular formula is C26H24N6. The maximum absolute atomic E-state index is 3.53. The van der Waals surface area contributed by atoms with E-state index in [-0.39, 0.29) is 0 Å². The molecule has 0 aliphatic carbocycles. The molecule has 6 heterocycles. The molecule has 0 spiro atoms. The van der Waals surface area contributed by atoms with E-state index in [1.807, 2.05) is 0 Å². The number of rotatable bonds is 5. The smallest absolute Gasteiger partial charge is 0.0624 e. The van der Waals surface area contributed by atoms with Crippen molar-refractivity contribution in [1.82, 2.24) is 29.9 Å². The summed E-state index contributed by atoms with van der Waals surface area (Å²) < 4.78 is 0. The number of aryl methyl sites for hydroxylation is 2. The number of H-pyrrole nitrogens is 6. The van der Waals surface area contributed by atoms with Crippen molar-refractivity contribution in [2.75, 3.05) is 0 Å². The lowest BCUT2D eigenvalue weighted by Crippen LogP contribution is -1.83. The van der Waals surface area contributed by atoms with Crippen molar-refractivity contribution in [3.63, 3.8) is 0 Å². The molecule has 6 nitrogen and oxygen atoms in total. The summed E-state index contributed by atoms with van der Waals surface area (Å²) in [5, 5.41) is 0. The molecule has 0 fully saturated rings. The summed E-state index contributed by atoms with van der Waals surface area (Å²) in [7, 11) is 0. The summed E-state index contributed by atoms with van der Waals surface area (Å²) in [6.45, 7) is 4.12. The van der Waals surface area contributed by atoms with Crippen LogP contribution in [-0.4, -0.2) is 29.9 Å². The van der Waals surface area contributed by atoms with Gasteiger partial charge in [-0.2, -0.15) is 0 Å². The minimum absolute atomic E-state index is 1.05. The highest BCUT2D eigenvalue weighted by Gasteiger charge is 2.11. The number of aromatic amines is 6. The fraction of sp³-hybridized carbons (Fsp3) is 0.0769. The van der Waals surface area contributed by atoms with E-state index in [0.29, 0.717) is 0 Å². The normalized spacial score (nSPS) is 11.4. The van der Waals surface area contributed by atoms with E-state index in [2.05, 4.69) is 117 Å². The van der Waals surface area contributed by atoms with E-state index in [1.165, 1.54) is 0 Å². The molecule has 0 saturated carbocycles. The van der Waals surface area contributed by atoms with Crippen LogP contribution in [0.5, 0.6) is 0 Å². The van der Waals surface area contributed by atoms with Gasteiger partial charge in [-0.3, -0.25) is 0 Å². The largest absolute Gasteiger partial charge is 0.357 e. The van der Waals surface area contributed by atoms with Crippen LogP contribution in [0.15, 0.2) is 72.8 Å². The highest BCUT2D eigenvalue weighted by molar-refractivity contribution is 5.71. The average Bonchev–Trinajstić information content (AvgIpc) is 3.61. The van der Waals surface area contributed by atoms with E-state index in [1.54, 1.807) is 0 Å². The first-order valence-electron chi connectivity index (χ1n) is 10.7. The second-order valence-corrected chi connectivity index (χ2v) is 8.25. The summed E-state index contributed by atoms with van der Waals surface area (Å²) in [6.07, 6.45) is 0. The Bertz CT molecular complexity index is 1390. The van der Waals surface area contributed by atoms with E-state index >= 15 is 0 Å². The quantitative estimate of drug-likeness (QED) is 0.181. The van der Waals surface area contributed by atoms with Gasteiger partial charge in [-0.25, -0.2) is 0 Å². The van der Waals surface area contributed by atoms with Crippen molar-refractivity contribution < 1.29 is 0 Å². The van der Waals surface area contributed by atoms with Crippen molar-refractivity contribution >= 4 is 0 Å². The van der Waals surface area contributed by atoms with Crippen molar-refractivity contribution in [2.45, 2.75) is 13.8 Å². The number of aromatic nitrogens is 6. The zero-order valence-corrected chi connectivity index (χ0v) is 17.9. The van der Waals surface area contributed by atoms with Crippen LogP contribution < -0.4 is 0 Å². The van der Waals surface area contributed by atoms with E-state index < -0.39 is 0 Å². The Labute approximate surface area is 185 Å². The topological polar surface area (TPSA) is 94.7 Å². The molecule has 0 aliphatic heterocycles. The summed E-state index contributed by atoms with van der Waals surface area (Å²) in [4.78, 5) is 20.8. The third kappa shape index (κ3) is 3.22. The molecule has 6 aromatic rings. The highest BCUT2D eigenvalue weighted by atomic mass is 14.9. The van der Waals surface area contributed by atoms with E-state index in [9.17, 15) is 0 Å². The van der Waals surface area contributed by atoms with Crippen LogP contribution in [0.1, 0.15) is 11.4 Å². The molecule has 6 aromatic heterocycles. The molecule has 0 amide bonds. The molecule has 0 radical (unpaired) electrons. The van der Waals surface area contributed by atoms with Crippen LogP contribution in [0.2, 0.25) is 0 Å². The summed E-state index contributed by atoms with van der Waals surface area (Å²) in [6, 6.07) is 25.2. The molecule has 0 aromatic carbocycles. The summed E-state index contributed by atoms with van der Waals surface area (Å²) in [5.74, 6) is 0. The lowest BCUT2D eigenvalue weighted by atomic mass is 10.3. The first-order chi connectivity index (χ1) is 15.6. The van der Waals surface area contributed by atoms with Gasteiger partial charge in [0.1, 0.15) is 0 Å². The lowest BCUT2D eigenvalue weighted by Gasteiger charge is -1.98. The maximum atomic E-state index is 3.53. The molecule has 0 bridgehead atoms. The monoisotopic (exact) mass is 420 g/mol. The Balaban J connectivity index is 1.24. The fourth-order valence-electron chi connectivity index (χ4n) is 4.16. The van der Waals surface area contributed by atoms with Crippen LogP contribution >= 0.6 is 0 Å². The molecule has 0 unspecified atom stereocenters. The SMILES string of the molecule is Cc1ccc(-c2ccc(-c3ccc(-c4ccc(-c5ccc(-c6ccc(C)[nH]6)[nH]5)[nH]4)[nH]3)[nH]2)[nH]1. The average molecular weight is 421 g/mol. The molecule has 6 N–H and O–H groups in total. The number of hydrogen-bond donors (Lipinski definition) is 6. The molecule has 0 aliphatic rings. The third-order valence-electron chi connectivity index (χ3n) is 5.86. The van der Waals surface area contributed by atoms with E-state index in [0.717, 1.165) is 68.3 Å². The van der Waals surface area contributed by atoms with Crippen molar-refractivity contribution in [3.8, 4) is 56.9 Å². The van der Waals surface area contributed by atoms with Crippen molar-refractivity contribution in [1.29, 1.82) is 0 Å². The van der Waals surface area contributed by atoms with Gasteiger partial charge >= 0.3 is 0 Å². The third-order valence-corrected chi connectivity index (χ3v) is 5.86. The van der Waals surface area contributed by atoms with Crippen LogP contribution in [0, 0.1) is 13.8 Å². The van der Waals surface area contributed by atoms with Crippen LogP contribution in [0.25, 0.3) is 56.9 Å². The Morgan fingerprint density at radius 1 is 0.281 bits per heavy atom. The molecule has 32 heavy (non-hydrogen) atoms. The molecular weight excluding hydrogens is 396 g/mol. The first-order valence-corrected chi connectivity index (χ1v) is 10.7. The van der Waals surface area contributed by atoms with E-state index in [4.69, 9.17) is 0 Å². The van der Waals surface area contributed by atoms with Gasteiger partial charge in [0.05, 0.1) is 56.9 Å². The standard InChI is InChI=1S/C26H24N6/c1-15-3-5-17(27-15)19-7-9-21(29-19)23-11-13-25(31-23)26-14-12-24(32-26)22-10-8-20(30-22)18-6-4-16(2)28-18/h3-14,27-32H,1-2H3. The molecule has 6 rings (SSSR count). The first kappa shape index (κ1) is 18.4. The number of hydrogen-bond acceptors (Lipinski definition) is 0. The minimum atomic E-state index is 1.05. The predicted molar refractivity (Wildman–Crippen MR) is 129 cm³/mol. The molecule has 6 heteroatoms. The predicted octanol–water partition coefficient (Wildman–Crippen LogP) is 6.61. The zero-order valence-electron chi connectivity index (χ0n) is 17.9. The maximum Gasteiger partial charge on any atom is 0.0624 e. The van der Waals surface area contributed by atoms with Gasteiger partial charge in [0.15, 0.2) is 0 Å². The molecule has 0 saturated heterocycles. The molecule has 0 atom stereocenters. The molecule has 158 valence electrons. The van der Waals surface area contributed by atoms with Gasteiger partial charge in [-0.15, -0.1) is 0 Å². The summed E-state index contributed by atoms with van der Waals surface area (Å²) >= 11 is 0. The van der Waals surface area contributed by atoms with Crippen LogP contribution in [0.4, 0.5) is 0 Å². The van der Waals surface area contributed by atoms with Gasteiger partial charge in [-0.1, -0.05) is 0 Å². The Hall–Kier alpha value is -4.32. The van der Waals surface area contributed by atoms with Gasteiger partial charge in [0.25, 0.3) is 0 Å². The van der Waals surface area contributed by atoms with Crippen molar-refractivity contribution in [3.05, 3.63) is 84.2 Å². The Morgan fingerprint density at radius 3 is 0.656 bits per heavy atom. The Kier molecular flexibility index (Phi) is 4.11. The van der Waals surface area contributed by atoms with Gasteiger partial charge in [-0.05, 0) is 86.6 Å². The van der Waals surface area contributed by atoms with Crippen LogP contribution in [-0.2, 0) is 0 Å². The second-order valence-electron chi connectivity index (χ2n) is 8.25. The highest BCUT2D eigenvalue weighted by Crippen LogP contribution is 2.29. The van der Waals surface area contributed by atoms with Crippen molar-refractivity contribution in [2.24, 2.45) is 0 Å². The van der Waals surface area contributed by atoms with Crippen LogP contribution in [0.3, 0.4) is 0 Å². The Morgan fingerprint density at radius 2 is 0.469 bits per heavy atom.